The fourth-order valence-corrected chi connectivity index (χ4v) is 3.03. The van der Waals surface area contributed by atoms with E-state index in [2.05, 4.69) is 25.3 Å². The number of H-pyrrole nitrogens is 1. The van der Waals surface area contributed by atoms with Crippen LogP contribution in [0.3, 0.4) is 0 Å². The summed E-state index contributed by atoms with van der Waals surface area (Å²) in [6.45, 7) is 2.56. The lowest BCUT2D eigenvalue weighted by atomic mass is 10.1. The molecule has 0 aliphatic heterocycles. The standard InChI is InChI=1S/C18H20N6O2/c1-11(10-25-2)21-18-22-16-15(17(23-18)26-3)13(8-20-16)12-4-5-14-19-6-7-24(14)9-12/h4-9,11H,10H2,1-3H3,(H2,20,21,22,23)/t11-/m1/s1. The molecular weight excluding hydrogens is 332 g/mol. The Morgan fingerprint density at radius 1 is 1.27 bits per heavy atom. The summed E-state index contributed by atoms with van der Waals surface area (Å²) in [4.78, 5) is 16.6. The first-order valence-corrected chi connectivity index (χ1v) is 8.31. The van der Waals surface area contributed by atoms with Gasteiger partial charge in [-0.2, -0.15) is 9.97 Å². The molecule has 0 saturated heterocycles. The first-order valence-electron chi connectivity index (χ1n) is 8.31. The van der Waals surface area contributed by atoms with Gasteiger partial charge in [-0.15, -0.1) is 0 Å². The van der Waals surface area contributed by atoms with Crippen LogP contribution in [0.2, 0.25) is 0 Å². The van der Waals surface area contributed by atoms with Gasteiger partial charge in [-0.25, -0.2) is 4.98 Å². The molecule has 0 aromatic carbocycles. The number of methoxy groups -OCH3 is 2. The maximum Gasteiger partial charge on any atom is 0.228 e. The number of hydrogen-bond donors (Lipinski definition) is 2. The third-order valence-electron chi connectivity index (χ3n) is 4.18. The summed E-state index contributed by atoms with van der Waals surface area (Å²) in [6.07, 6.45) is 7.64. The quantitative estimate of drug-likeness (QED) is 0.555. The topological polar surface area (TPSA) is 89.4 Å². The van der Waals surface area contributed by atoms with Crippen molar-refractivity contribution in [1.82, 2.24) is 24.3 Å². The molecule has 0 aliphatic rings. The second-order valence-electron chi connectivity index (χ2n) is 6.09. The van der Waals surface area contributed by atoms with Crippen molar-refractivity contribution >= 4 is 22.6 Å². The van der Waals surface area contributed by atoms with Crippen LogP contribution in [0.1, 0.15) is 6.92 Å². The summed E-state index contributed by atoms with van der Waals surface area (Å²) in [5.74, 6) is 1.02. The number of nitrogens with one attached hydrogen (secondary N) is 2. The Morgan fingerprint density at radius 3 is 2.96 bits per heavy atom. The summed E-state index contributed by atoms with van der Waals surface area (Å²) >= 11 is 0. The normalized spacial score (nSPS) is 12.6. The predicted octanol–water partition coefficient (Wildman–Crippen LogP) is 2.73. The van der Waals surface area contributed by atoms with Gasteiger partial charge in [0, 0.05) is 49.1 Å². The summed E-state index contributed by atoms with van der Waals surface area (Å²) < 4.78 is 12.7. The fourth-order valence-electron chi connectivity index (χ4n) is 3.03. The van der Waals surface area contributed by atoms with Gasteiger partial charge in [0.1, 0.15) is 11.3 Å². The van der Waals surface area contributed by atoms with Gasteiger partial charge in [0.25, 0.3) is 0 Å². The summed E-state index contributed by atoms with van der Waals surface area (Å²) in [7, 11) is 3.27. The molecule has 2 N–H and O–H groups in total. The Hall–Kier alpha value is -3.13. The van der Waals surface area contributed by atoms with Crippen molar-refractivity contribution in [1.29, 1.82) is 0 Å². The van der Waals surface area contributed by atoms with Gasteiger partial charge in [-0.1, -0.05) is 0 Å². The number of hydrogen-bond acceptors (Lipinski definition) is 6. The number of aromatic amines is 1. The first kappa shape index (κ1) is 16.3. The smallest absolute Gasteiger partial charge is 0.228 e. The van der Waals surface area contributed by atoms with E-state index >= 15 is 0 Å². The van der Waals surface area contributed by atoms with Crippen LogP contribution in [0.25, 0.3) is 27.8 Å². The molecule has 4 rings (SSSR count). The van der Waals surface area contributed by atoms with Crippen LogP contribution in [0, 0.1) is 0 Å². The Kier molecular flexibility index (Phi) is 4.18. The molecule has 4 heterocycles. The van der Waals surface area contributed by atoms with E-state index in [-0.39, 0.29) is 6.04 Å². The molecule has 1 atom stereocenters. The molecule has 0 fully saturated rings. The first-order chi connectivity index (χ1) is 12.7. The lowest BCUT2D eigenvalue weighted by Crippen LogP contribution is -2.22. The third-order valence-corrected chi connectivity index (χ3v) is 4.18. The Morgan fingerprint density at radius 2 is 2.15 bits per heavy atom. The number of nitrogens with zero attached hydrogens (tertiary/aromatic N) is 4. The molecule has 0 bridgehead atoms. The Balaban J connectivity index is 1.79. The van der Waals surface area contributed by atoms with Gasteiger partial charge in [0.15, 0.2) is 0 Å². The van der Waals surface area contributed by atoms with E-state index in [9.17, 15) is 0 Å². The highest BCUT2D eigenvalue weighted by Gasteiger charge is 2.17. The highest BCUT2D eigenvalue weighted by Crippen LogP contribution is 2.34. The average Bonchev–Trinajstić information content (AvgIpc) is 3.27. The minimum absolute atomic E-state index is 0.0836. The molecule has 26 heavy (non-hydrogen) atoms. The summed E-state index contributed by atoms with van der Waals surface area (Å²) in [6, 6.07) is 4.08. The van der Waals surface area contributed by atoms with Crippen molar-refractivity contribution in [2.24, 2.45) is 0 Å². The molecule has 134 valence electrons. The van der Waals surface area contributed by atoms with Crippen molar-refractivity contribution in [2.75, 3.05) is 26.1 Å². The molecule has 0 unspecified atom stereocenters. The molecule has 8 nitrogen and oxygen atoms in total. The molecule has 0 radical (unpaired) electrons. The second-order valence-corrected chi connectivity index (χ2v) is 6.09. The van der Waals surface area contributed by atoms with Crippen LogP contribution in [0.15, 0.2) is 36.9 Å². The minimum atomic E-state index is 0.0836. The highest BCUT2D eigenvalue weighted by atomic mass is 16.5. The van der Waals surface area contributed by atoms with Gasteiger partial charge in [0.2, 0.25) is 11.8 Å². The number of ether oxygens (including phenoxy) is 2. The third kappa shape index (κ3) is 2.84. The maximum absolute atomic E-state index is 5.54. The van der Waals surface area contributed by atoms with Crippen molar-refractivity contribution in [3.8, 4) is 17.0 Å². The monoisotopic (exact) mass is 352 g/mol. The summed E-state index contributed by atoms with van der Waals surface area (Å²) in [5, 5.41) is 4.06. The van der Waals surface area contributed by atoms with E-state index in [1.54, 1.807) is 20.4 Å². The fraction of sp³-hybridized carbons (Fsp3) is 0.278. The van der Waals surface area contributed by atoms with E-state index in [0.717, 1.165) is 22.2 Å². The molecule has 0 aliphatic carbocycles. The zero-order chi connectivity index (χ0) is 18.1. The number of imidazole rings is 1. The maximum atomic E-state index is 5.54. The number of aromatic nitrogens is 5. The van der Waals surface area contributed by atoms with Crippen LogP contribution < -0.4 is 10.1 Å². The van der Waals surface area contributed by atoms with E-state index in [1.807, 2.05) is 42.0 Å². The predicted molar refractivity (Wildman–Crippen MR) is 99.6 cm³/mol. The number of rotatable bonds is 6. The number of pyridine rings is 1. The minimum Gasteiger partial charge on any atom is -0.480 e. The van der Waals surface area contributed by atoms with Crippen LogP contribution in [-0.2, 0) is 4.74 Å². The van der Waals surface area contributed by atoms with Gasteiger partial charge < -0.3 is 24.2 Å². The van der Waals surface area contributed by atoms with Gasteiger partial charge in [0.05, 0.1) is 19.1 Å². The van der Waals surface area contributed by atoms with Crippen LogP contribution in [0.4, 0.5) is 5.95 Å². The van der Waals surface area contributed by atoms with E-state index in [4.69, 9.17) is 9.47 Å². The van der Waals surface area contributed by atoms with E-state index in [0.29, 0.717) is 24.1 Å². The Bertz CT molecular complexity index is 1050. The van der Waals surface area contributed by atoms with Crippen molar-refractivity contribution in [3.63, 3.8) is 0 Å². The number of anilines is 1. The van der Waals surface area contributed by atoms with Crippen molar-refractivity contribution in [2.45, 2.75) is 13.0 Å². The molecule has 0 amide bonds. The van der Waals surface area contributed by atoms with E-state index < -0.39 is 0 Å². The summed E-state index contributed by atoms with van der Waals surface area (Å²) in [5.41, 5.74) is 3.61. The molecule has 8 heteroatoms. The largest absolute Gasteiger partial charge is 0.480 e. The zero-order valence-electron chi connectivity index (χ0n) is 14.9. The lowest BCUT2D eigenvalue weighted by molar-refractivity contribution is 0.190. The SMILES string of the molecule is COC[C@@H](C)Nc1nc(OC)c2c(-c3ccc4nccn4c3)c[nH]c2n1. The van der Waals surface area contributed by atoms with Crippen LogP contribution in [-0.4, -0.2) is 51.2 Å². The Labute approximate surface area is 150 Å². The molecular formula is C18H20N6O2. The van der Waals surface area contributed by atoms with Crippen molar-refractivity contribution < 1.29 is 9.47 Å². The van der Waals surface area contributed by atoms with Crippen LogP contribution in [0.5, 0.6) is 5.88 Å². The van der Waals surface area contributed by atoms with Gasteiger partial charge in [-0.05, 0) is 19.1 Å². The number of fused-ring (bicyclic) bond motifs is 2. The highest BCUT2D eigenvalue weighted by molar-refractivity contribution is 5.97. The zero-order valence-corrected chi connectivity index (χ0v) is 14.9. The second kappa shape index (κ2) is 6.64. The van der Waals surface area contributed by atoms with E-state index in [1.165, 1.54) is 0 Å². The van der Waals surface area contributed by atoms with Crippen molar-refractivity contribution in [3.05, 3.63) is 36.9 Å². The molecule has 0 spiro atoms. The molecule has 0 saturated carbocycles. The van der Waals surface area contributed by atoms with Crippen LogP contribution >= 0.6 is 0 Å². The van der Waals surface area contributed by atoms with Gasteiger partial charge >= 0.3 is 0 Å². The van der Waals surface area contributed by atoms with Gasteiger partial charge in [-0.3, -0.25) is 0 Å². The molecule has 4 aromatic heterocycles. The lowest BCUT2D eigenvalue weighted by Gasteiger charge is -2.13. The molecule has 4 aromatic rings. The average molecular weight is 352 g/mol.